The minimum Gasteiger partial charge on any atom is -0.380 e. The van der Waals surface area contributed by atoms with Crippen molar-refractivity contribution in [1.82, 2.24) is 29.6 Å². The van der Waals surface area contributed by atoms with E-state index >= 15 is 0 Å². The lowest BCUT2D eigenvalue weighted by Gasteiger charge is -2.60. The van der Waals surface area contributed by atoms with Gasteiger partial charge in [-0.15, -0.1) is 10.2 Å². The zero-order valence-corrected chi connectivity index (χ0v) is 19.9. The third-order valence-corrected chi connectivity index (χ3v) is 7.82. The van der Waals surface area contributed by atoms with E-state index in [1.165, 1.54) is 5.56 Å². The van der Waals surface area contributed by atoms with Gasteiger partial charge in [0.15, 0.2) is 5.82 Å². The number of benzene rings is 1. The largest absolute Gasteiger partial charge is 0.380 e. The summed E-state index contributed by atoms with van der Waals surface area (Å²) in [5.41, 5.74) is 3.62. The number of ether oxygens (including phenoxy) is 1. The molecule has 0 radical (unpaired) electrons. The van der Waals surface area contributed by atoms with Crippen molar-refractivity contribution in [3.05, 3.63) is 52.6 Å². The third kappa shape index (κ3) is 3.29. The average molecular weight is 479 g/mol. The van der Waals surface area contributed by atoms with Crippen LogP contribution in [-0.2, 0) is 17.8 Å². The molecule has 9 nitrogen and oxygen atoms in total. The molecule has 0 saturated carbocycles. The fraction of sp³-hybridized carbons (Fsp3) is 0.500. The molecule has 0 N–H and O–H groups in total. The van der Waals surface area contributed by atoms with Crippen molar-refractivity contribution < 1.29 is 4.74 Å². The summed E-state index contributed by atoms with van der Waals surface area (Å²) in [7, 11) is 0. The van der Waals surface area contributed by atoms with E-state index in [1.54, 1.807) is 0 Å². The van der Waals surface area contributed by atoms with E-state index in [9.17, 15) is 0 Å². The van der Waals surface area contributed by atoms with Crippen molar-refractivity contribution in [3.63, 3.8) is 0 Å². The van der Waals surface area contributed by atoms with Crippen molar-refractivity contribution in [2.75, 3.05) is 49.2 Å². The topological polar surface area (TPSA) is 75.4 Å². The van der Waals surface area contributed by atoms with Crippen LogP contribution in [0.3, 0.4) is 0 Å². The van der Waals surface area contributed by atoms with E-state index < -0.39 is 0 Å². The number of aromatic nitrogens is 5. The molecule has 10 heteroatoms. The van der Waals surface area contributed by atoms with Crippen molar-refractivity contribution >= 4 is 23.5 Å². The maximum atomic E-state index is 6.41. The summed E-state index contributed by atoms with van der Waals surface area (Å²) < 4.78 is 7.92. The molecule has 1 aromatic carbocycles. The maximum Gasteiger partial charge on any atom is 0.231 e. The van der Waals surface area contributed by atoms with Crippen LogP contribution < -0.4 is 9.80 Å². The molecule has 176 valence electrons. The van der Waals surface area contributed by atoms with E-state index in [-0.39, 0.29) is 5.41 Å². The summed E-state index contributed by atoms with van der Waals surface area (Å²) in [6, 6.07) is 8.49. The molecule has 2 aromatic heterocycles. The second-order valence-corrected chi connectivity index (χ2v) is 10.6. The Morgan fingerprint density at radius 2 is 1.91 bits per heavy atom. The van der Waals surface area contributed by atoms with Crippen LogP contribution in [0.2, 0.25) is 5.02 Å². The summed E-state index contributed by atoms with van der Waals surface area (Å²) in [4.78, 5) is 16.1. The van der Waals surface area contributed by atoms with E-state index in [4.69, 9.17) is 16.3 Å². The molecule has 3 fully saturated rings. The number of rotatable bonds is 3. The first-order valence-electron chi connectivity index (χ1n) is 11.9. The minimum atomic E-state index is 0.278. The molecule has 3 saturated heterocycles. The van der Waals surface area contributed by atoms with Gasteiger partial charge >= 0.3 is 0 Å². The molecule has 3 aromatic rings. The third-order valence-electron chi connectivity index (χ3n) is 7.59. The first-order chi connectivity index (χ1) is 16.6. The minimum absolute atomic E-state index is 0.278. The van der Waals surface area contributed by atoms with Gasteiger partial charge in [0, 0.05) is 67.7 Å². The van der Waals surface area contributed by atoms with Crippen molar-refractivity contribution in [2.45, 2.75) is 32.5 Å². The summed E-state index contributed by atoms with van der Waals surface area (Å²) >= 11 is 6.41. The molecule has 0 bridgehead atoms. The van der Waals surface area contributed by atoms with Crippen molar-refractivity contribution in [2.24, 2.45) is 5.41 Å². The standard InChI is InChI=1S/C24H27ClN8O/c1-16-4-6-26-22(27-16)31-12-24(13-31)14-32(15-24)23-29-28-21-10-30(19-5-7-34-11-19)9-17-8-18(25)2-3-20(17)33(21)23/h2-4,6,8,19H,5,7,9-15H2,1H3/t19-/m0/s1. The molecule has 0 aliphatic carbocycles. The summed E-state index contributed by atoms with van der Waals surface area (Å²) in [6.45, 7) is 9.09. The molecule has 1 spiro atoms. The van der Waals surface area contributed by atoms with E-state index in [2.05, 4.69) is 51.6 Å². The number of anilines is 2. The van der Waals surface area contributed by atoms with Crippen LogP contribution in [0.25, 0.3) is 5.69 Å². The van der Waals surface area contributed by atoms with E-state index in [0.717, 1.165) is 93.0 Å². The Labute approximate surface area is 203 Å². The molecular formula is C24H27ClN8O. The quantitative estimate of drug-likeness (QED) is 0.568. The maximum absolute atomic E-state index is 6.41. The van der Waals surface area contributed by atoms with Gasteiger partial charge in [-0.25, -0.2) is 9.97 Å². The van der Waals surface area contributed by atoms with Crippen LogP contribution in [0.1, 0.15) is 23.5 Å². The van der Waals surface area contributed by atoms with Gasteiger partial charge in [-0.1, -0.05) is 11.6 Å². The van der Waals surface area contributed by atoms with E-state index in [0.29, 0.717) is 6.04 Å². The predicted octanol–water partition coefficient (Wildman–Crippen LogP) is 2.45. The highest BCUT2D eigenvalue weighted by atomic mass is 35.5. The number of aryl methyl sites for hydroxylation is 1. The van der Waals surface area contributed by atoms with Gasteiger partial charge in [-0.3, -0.25) is 9.47 Å². The highest BCUT2D eigenvalue weighted by Crippen LogP contribution is 2.43. The summed E-state index contributed by atoms with van der Waals surface area (Å²) in [5.74, 6) is 2.74. The number of hydrogen-bond donors (Lipinski definition) is 0. The Balaban J connectivity index is 1.14. The Hall–Kier alpha value is -2.75. The van der Waals surface area contributed by atoms with Gasteiger partial charge in [-0.05, 0) is 43.2 Å². The normalized spacial score (nSPS) is 23.3. The fourth-order valence-electron chi connectivity index (χ4n) is 5.88. The number of hydrogen-bond acceptors (Lipinski definition) is 8. The molecule has 4 aliphatic heterocycles. The lowest BCUT2D eigenvalue weighted by Crippen LogP contribution is -2.73. The highest BCUT2D eigenvalue weighted by Gasteiger charge is 2.54. The SMILES string of the molecule is Cc1ccnc(N2CC3(C2)CN(c2nnc4n2-c2ccc(Cl)cc2CN([C@H]2CCOC2)C4)C3)n1. The monoisotopic (exact) mass is 478 g/mol. The Morgan fingerprint density at radius 3 is 2.71 bits per heavy atom. The molecule has 0 unspecified atom stereocenters. The van der Waals surface area contributed by atoms with Crippen molar-refractivity contribution in [1.29, 1.82) is 0 Å². The number of fused-ring (bicyclic) bond motifs is 3. The molecule has 6 heterocycles. The molecule has 4 aliphatic rings. The first-order valence-corrected chi connectivity index (χ1v) is 12.3. The zero-order valence-electron chi connectivity index (χ0n) is 19.2. The summed E-state index contributed by atoms with van der Waals surface area (Å²) in [5, 5.41) is 10.1. The molecule has 34 heavy (non-hydrogen) atoms. The Kier molecular flexibility index (Phi) is 4.62. The predicted molar refractivity (Wildman–Crippen MR) is 128 cm³/mol. The van der Waals surface area contributed by atoms with E-state index in [1.807, 2.05) is 25.3 Å². The highest BCUT2D eigenvalue weighted by molar-refractivity contribution is 6.30. The van der Waals surface area contributed by atoms with Gasteiger partial charge in [0.1, 0.15) is 0 Å². The van der Waals surface area contributed by atoms with Crippen LogP contribution in [0, 0.1) is 12.3 Å². The molecule has 1 atom stereocenters. The van der Waals surface area contributed by atoms with Gasteiger partial charge in [0.05, 0.1) is 18.8 Å². The molecule has 0 amide bonds. The Bertz CT molecular complexity index is 1240. The first kappa shape index (κ1) is 20.6. The number of halogens is 1. The van der Waals surface area contributed by atoms with Gasteiger partial charge in [-0.2, -0.15) is 0 Å². The molecule has 7 rings (SSSR count). The Morgan fingerprint density at radius 1 is 1.06 bits per heavy atom. The zero-order chi connectivity index (χ0) is 22.9. The molecular weight excluding hydrogens is 452 g/mol. The van der Waals surface area contributed by atoms with Crippen LogP contribution in [-0.4, -0.2) is 75.1 Å². The van der Waals surface area contributed by atoms with Crippen LogP contribution in [0.4, 0.5) is 11.9 Å². The van der Waals surface area contributed by atoms with Crippen LogP contribution in [0.15, 0.2) is 30.5 Å². The fourth-order valence-corrected chi connectivity index (χ4v) is 6.08. The number of nitrogens with zero attached hydrogens (tertiary/aromatic N) is 8. The van der Waals surface area contributed by atoms with Crippen molar-refractivity contribution in [3.8, 4) is 5.69 Å². The van der Waals surface area contributed by atoms with Gasteiger partial charge in [0.2, 0.25) is 11.9 Å². The van der Waals surface area contributed by atoms with Crippen LogP contribution >= 0.6 is 11.6 Å². The second-order valence-electron chi connectivity index (χ2n) is 10.2. The second kappa shape index (κ2) is 7.63. The lowest BCUT2D eigenvalue weighted by molar-refractivity contribution is 0.133. The lowest BCUT2D eigenvalue weighted by atomic mass is 9.73. The smallest absolute Gasteiger partial charge is 0.231 e. The van der Waals surface area contributed by atoms with Crippen LogP contribution in [0.5, 0.6) is 0 Å². The summed E-state index contributed by atoms with van der Waals surface area (Å²) in [6.07, 6.45) is 2.89. The average Bonchev–Trinajstić information content (AvgIpc) is 3.40. The van der Waals surface area contributed by atoms with Gasteiger partial charge in [0.25, 0.3) is 0 Å². The van der Waals surface area contributed by atoms with Gasteiger partial charge < -0.3 is 14.5 Å².